The Morgan fingerprint density at radius 2 is 1.69 bits per heavy atom. The predicted octanol–water partition coefficient (Wildman–Crippen LogP) is 5.48. The van der Waals surface area contributed by atoms with Crippen LogP contribution in [0.15, 0.2) is 42.5 Å². The molecule has 0 fully saturated rings. The van der Waals surface area contributed by atoms with Crippen LogP contribution in [0, 0.1) is 0 Å². The van der Waals surface area contributed by atoms with Crippen molar-refractivity contribution in [3.8, 4) is 5.75 Å². The molecule has 0 aliphatic rings. The Labute approximate surface area is 174 Å². The number of primary amides is 1. The highest BCUT2D eigenvalue weighted by Crippen LogP contribution is 2.40. The van der Waals surface area contributed by atoms with Gasteiger partial charge in [0.2, 0.25) is 6.10 Å². The summed E-state index contributed by atoms with van der Waals surface area (Å²) in [6.07, 6.45) is 1.71. The lowest BCUT2D eigenvalue weighted by molar-refractivity contribution is -0.125. The molecule has 0 bridgehead atoms. The van der Waals surface area contributed by atoms with E-state index in [4.69, 9.17) is 10.5 Å². The maximum Gasteiger partial charge on any atom is 0.263 e. The van der Waals surface area contributed by atoms with Crippen molar-refractivity contribution in [2.24, 2.45) is 5.73 Å². The van der Waals surface area contributed by atoms with Crippen LogP contribution in [0.5, 0.6) is 5.75 Å². The largest absolute Gasteiger partial charge is 0.476 e. The number of carbonyl (C=O) groups is 2. The molecule has 0 heterocycles. The lowest BCUT2D eigenvalue weighted by atomic mass is 9.76. The van der Waals surface area contributed by atoms with E-state index in [1.54, 1.807) is 24.3 Å². The van der Waals surface area contributed by atoms with Crippen LogP contribution in [0.3, 0.4) is 0 Å². The maximum absolute atomic E-state index is 12.2. The highest BCUT2D eigenvalue weighted by atomic mass is 16.5. The summed E-state index contributed by atoms with van der Waals surface area (Å²) in [5, 5.41) is 0. The molecule has 1 unspecified atom stereocenters. The fourth-order valence-electron chi connectivity index (χ4n) is 3.19. The first-order chi connectivity index (χ1) is 13.6. The molecular weight excluding hydrogens is 362 g/mol. The van der Waals surface area contributed by atoms with Crippen molar-refractivity contribution in [3.63, 3.8) is 0 Å². The predicted molar refractivity (Wildman–Crippen MR) is 117 cm³/mol. The van der Waals surface area contributed by atoms with Crippen molar-refractivity contribution >= 4 is 12.2 Å². The number of ether oxygens (including phenoxy) is 1. The average molecular weight is 396 g/mol. The molecule has 2 aromatic rings. The first kappa shape index (κ1) is 22.7. The Kier molecular flexibility index (Phi) is 6.89. The lowest BCUT2D eigenvalue weighted by Gasteiger charge is -2.31. The summed E-state index contributed by atoms with van der Waals surface area (Å²) in [5.74, 6) is 0.0547. The van der Waals surface area contributed by atoms with Gasteiger partial charge in [-0.25, -0.2) is 0 Å². The van der Waals surface area contributed by atoms with E-state index in [1.165, 1.54) is 5.56 Å². The monoisotopic (exact) mass is 395 g/mol. The van der Waals surface area contributed by atoms with Crippen LogP contribution in [0.4, 0.5) is 0 Å². The van der Waals surface area contributed by atoms with Crippen LogP contribution < -0.4 is 10.5 Å². The summed E-state index contributed by atoms with van der Waals surface area (Å²) >= 11 is 0. The zero-order valence-electron chi connectivity index (χ0n) is 18.4. The van der Waals surface area contributed by atoms with E-state index < -0.39 is 12.0 Å². The molecule has 0 saturated carbocycles. The quantitative estimate of drug-likeness (QED) is 0.572. The van der Waals surface area contributed by atoms with Crippen LogP contribution in [0.2, 0.25) is 0 Å². The second kappa shape index (κ2) is 8.81. The summed E-state index contributed by atoms with van der Waals surface area (Å²) in [6, 6.07) is 13.0. The molecule has 0 aliphatic carbocycles. The van der Waals surface area contributed by atoms with Gasteiger partial charge in [-0.2, -0.15) is 0 Å². The molecule has 4 nitrogen and oxygen atoms in total. The van der Waals surface area contributed by atoms with Gasteiger partial charge < -0.3 is 10.5 Å². The number of hydrogen-bond donors (Lipinski definition) is 1. The first-order valence-electron chi connectivity index (χ1n) is 10.2. The van der Waals surface area contributed by atoms with Crippen molar-refractivity contribution in [1.29, 1.82) is 0 Å². The van der Waals surface area contributed by atoms with Gasteiger partial charge in [0.1, 0.15) is 12.0 Å². The van der Waals surface area contributed by atoms with Gasteiger partial charge in [0, 0.05) is 16.7 Å². The maximum atomic E-state index is 12.2. The first-order valence-corrected chi connectivity index (χ1v) is 10.2. The highest BCUT2D eigenvalue weighted by molar-refractivity contribution is 5.82. The van der Waals surface area contributed by atoms with E-state index in [9.17, 15) is 9.59 Å². The highest BCUT2D eigenvalue weighted by Gasteiger charge is 2.29. The van der Waals surface area contributed by atoms with Crippen LogP contribution in [0.25, 0.3) is 0 Å². The van der Waals surface area contributed by atoms with E-state index in [0.717, 1.165) is 24.7 Å². The van der Waals surface area contributed by atoms with Gasteiger partial charge in [-0.15, -0.1) is 0 Å². The van der Waals surface area contributed by atoms with Gasteiger partial charge in [0.25, 0.3) is 5.91 Å². The van der Waals surface area contributed by atoms with Gasteiger partial charge in [0.15, 0.2) is 0 Å². The summed E-state index contributed by atoms with van der Waals surface area (Å²) in [5.41, 5.74) is 8.91. The Morgan fingerprint density at radius 1 is 1.03 bits per heavy atom. The molecule has 0 aromatic heterocycles. The van der Waals surface area contributed by atoms with Gasteiger partial charge >= 0.3 is 0 Å². The molecule has 2 N–H and O–H groups in total. The number of carbonyl (C=O) groups excluding carboxylic acids is 2. The van der Waals surface area contributed by atoms with E-state index in [1.807, 2.05) is 6.07 Å². The summed E-state index contributed by atoms with van der Waals surface area (Å²) in [4.78, 5) is 23.4. The number of amides is 1. The molecule has 0 spiro atoms. The minimum atomic E-state index is -0.966. The standard InChI is InChI=1S/C25H33NO3/c1-7-24(3,4)19-12-13-21(20(15-19)25(5,6)8-2)29-22(23(26)28)18-11-9-10-17(14-18)16-27/h9-16,22H,7-8H2,1-6H3,(H2,26,28). The molecule has 0 saturated heterocycles. The van der Waals surface area contributed by atoms with Crippen LogP contribution in [-0.2, 0) is 15.6 Å². The van der Waals surface area contributed by atoms with E-state index in [0.29, 0.717) is 16.9 Å². The topological polar surface area (TPSA) is 69.4 Å². The molecule has 1 atom stereocenters. The van der Waals surface area contributed by atoms with Crippen molar-refractivity contribution < 1.29 is 14.3 Å². The summed E-state index contributed by atoms with van der Waals surface area (Å²) in [7, 11) is 0. The van der Waals surface area contributed by atoms with Crippen molar-refractivity contribution in [2.45, 2.75) is 71.3 Å². The average Bonchev–Trinajstić information content (AvgIpc) is 2.71. The van der Waals surface area contributed by atoms with Gasteiger partial charge in [-0.1, -0.05) is 71.9 Å². The summed E-state index contributed by atoms with van der Waals surface area (Å²) in [6.45, 7) is 13.1. The minimum absolute atomic E-state index is 0.0402. The number of hydrogen-bond acceptors (Lipinski definition) is 3. The third kappa shape index (κ3) is 5.06. The number of nitrogens with two attached hydrogens (primary N) is 1. The Hall–Kier alpha value is -2.62. The summed E-state index contributed by atoms with van der Waals surface area (Å²) < 4.78 is 6.19. The molecule has 2 rings (SSSR count). The van der Waals surface area contributed by atoms with Crippen LogP contribution in [-0.4, -0.2) is 12.2 Å². The fraction of sp³-hybridized carbons (Fsp3) is 0.440. The van der Waals surface area contributed by atoms with Gasteiger partial charge in [-0.3, -0.25) is 9.59 Å². The zero-order valence-corrected chi connectivity index (χ0v) is 18.4. The third-order valence-corrected chi connectivity index (χ3v) is 6.11. The van der Waals surface area contributed by atoms with Crippen LogP contribution in [0.1, 0.15) is 87.5 Å². The normalized spacial score (nSPS) is 13.0. The second-order valence-corrected chi connectivity index (χ2v) is 8.87. The van der Waals surface area contributed by atoms with Gasteiger partial charge in [0.05, 0.1) is 0 Å². The van der Waals surface area contributed by atoms with E-state index >= 15 is 0 Å². The Morgan fingerprint density at radius 3 is 2.24 bits per heavy atom. The molecule has 0 aliphatic heterocycles. The number of aldehydes is 1. The van der Waals surface area contributed by atoms with Gasteiger partial charge in [-0.05, 0) is 41.4 Å². The smallest absolute Gasteiger partial charge is 0.263 e. The number of benzene rings is 2. The Balaban J connectivity index is 2.56. The Bertz CT molecular complexity index is 883. The number of rotatable bonds is 9. The fourth-order valence-corrected chi connectivity index (χ4v) is 3.19. The SMILES string of the molecule is CCC(C)(C)c1ccc(OC(C(N)=O)c2cccc(C=O)c2)c(C(C)(C)CC)c1. The lowest BCUT2D eigenvalue weighted by Crippen LogP contribution is -2.28. The molecule has 29 heavy (non-hydrogen) atoms. The van der Waals surface area contributed by atoms with E-state index in [2.05, 4.69) is 53.7 Å². The van der Waals surface area contributed by atoms with E-state index in [-0.39, 0.29) is 10.8 Å². The van der Waals surface area contributed by atoms with Crippen molar-refractivity contribution in [2.75, 3.05) is 0 Å². The van der Waals surface area contributed by atoms with Crippen molar-refractivity contribution in [1.82, 2.24) is 0 Å². The molecule has 2 aromatic carbocycles. The van der Waals surface area contributed by atoms with Crippen molar-refractivity contribution in [3.05, 3.63) is 64.7 Å². The zero-order chi connectivity index (χ0) is 21.8. The molecule has 156 valence electrons. The second-order valence-electron chi connectivity index (χ2n) is 8.87. The minimum Gasteiger partial charge on any atom is -0.476 e. The molecule has 1 amide bonds. The van der Waals surface area contributed by atoms with Crippen LogP contribution >= 0.6 is 0 Å². The molecular formula is C25H33NO3. The molecule has 4 heteroatoms. The third-order valence-electron chi connectivity index (χ3n) is 6.11. The molecule has 0 radical (unpaired) electrons.